The van der Waals surface area contributed by atoms with Crippen LogP contribution in [0.4, 0.5) is 5.13 Å². The van der Waals surface area contributed by atoms with E-state index in [0.29, 0.717) is 13.1 Å². The Labute approximate surface area is 124 Å². The van der Waals surface area contributed by atoms with Gasteiger partial charge < -0.3 is 15.5 Å². The molecule has 0 bridgehead atoms. The molecule has 1 saturated heterocycles. The molecule has 1 amide bonds. The van der Waals surface area contributed by atoms with Crippen LogP contribution in [0, 0.1) is 0 Å². The standard InChI is InChI=1S/C13H23N5OS/c1-5-15-10(19)9-8-14-6-7-18(9)12-16-11(17-20-12)13(2,3)4/h9,14H,5-8H2,1-4H3,(H,15,19). The molecule has 112 valence electrons. The summed E-state index contributed by atoms with van der Waals surface area (Å²) in [5.41, 5.74) is -0.0655. The number of hydrogen-bond acceptors (Lipinski definition) is 6. The van der Waals surface area contributed by atoms with E-state index in [1.807, 2.05) is 6.92 Å². The Balaban J connectivity index is 2.19. The van der Waals surface area contributed by atoms with Gasteiger partial charge in [0, 0.05) is 43.1 Å². The quantitative estimate of drug-likeness (QED) is 0.861. The summed E-state index contributed by atoms with van der Waals surface area (Å²) in [5, 5.41) is 6.99. The lowest BCUT2D eigenvalue weighted by Crippen LogP contribution is -2.58. The molecule has 1 fully saturated rings. The number of amides is 1. The molecular formula is C13H23N5OS. The summed E-state index contributed by atoms with van der Waals surface area (Å²) < 4.78 is 4.44. The maximum atomic E-state index is 12.1. The highest BCUT2D eigenvalue weighted by molar-refractivity contribution is 7.09. The number of nitrogens with one attached hydrogen (secondary N) is 2. The van der Waals surface area contributed by atoms with Crippen LogP contribution in [-0.2, 0) is 10.2 Å². The number of piperazine rings is 1. The van der Waals surface area contributed by atoms with Crippen molar-refractivity contribution < 1.29 is 4.79 Å². The van der Waals surface area contributed by atoms with E-state index in [0.717, 1.165) is 24.0 Å². The van der Waals surface area contributed by atoms with Crippen molar-refractivity contribution in [2.45, 2.75) is 39.2 Å². The maximum absolute atomic E-state index is 12.1. The normalized spacial score (nSPS) is 20.0. The first-order valence-electron chi connectivity index (χ1n) is 7.02. The van der Waals surface area contributed by atoms with E-state index < -0.39 is 0 Å². The van der Waals surface area contributed by atoms with E-state index in [2.05, 4.69) is 45.7 Å². The summed E-state index contributed by atoms with van der Waals surface area (Å²) in [6.07, 6.45) is 0. The van der Waals surface area contributed by atoms with Crippen molar-refractivity contribution in [2.24, 2.45) is 0 Å². The highest BCUT2D eigenvalue weighted by Gasteiger charge is 2.31. The fourth-order valence-corrected chi connectivity index (χ4v) is 3.03. The van der Waals surface area contributed by atoms with Crippen LogP contribution in [0.25, 0.3) is 0 Å². The lowest BCUT2D eigenvalue weighted by atomic mass is 9.96. The summed E-state index contributed by atoms with van der Waals surface area (Å²) in [7, 11) is 0. The van der Waals surface area contributed by atoms with Crippen LogP contribution in [0.1, 0.15) is 33.5 Å². The molecule has 1 aromatic heterocycles. The maximum Gasteiger partial charge on any atom is 0.244 e. The van der Waals surface area contributed by atoms with Gasteiger partial charge >= 0.3 is 0 Å². The van der Waals surface area contributed by atoms with Crippen LogP contribution >= 0.6 is 11.5 Å². The van der Waals surface area contributed by atoms with Gasteiger partial charge in [0.15, 0.2) is 0 Å². The number of nitrogens with zero attached hydrogens (tertiary/aromatic N) is 3. The summed E-state index contributed by atoms with van der Waals surface area (Å²) in [6.45, 7) is 11.2. The van der Waals surface area contributed by atoms with Crippen molar-refractivity contribution >= 4 is 22.6 Å². The molecule has 7 heteroatoms. The highest BCUT2D eigenvalue weighted by atomic mass is 32.1. The molecule has 0 spiro atoms. The zero-order valence-corrected chi connectivity index (χ0v) is 13.4. The van der Waals surface area contributed by atoms with Gasteiger partial charge in [0.25, 0.3) is 0 Å². The van der Waals surface area contributed by atoms with Crippen LogP contribution < -0.4 is 15.5 Å². The fourth-order valence-electron chi connectivity index (χ4n) is 2.10. The zero-order chi connectivity index (χ0) is 14.8. The van der Waals surface area contributed by atoms with Crippen molar-refractivity contribution in [3.05, 3.63) is 5.82 Å². The molecular weight excluding hydrogens is 274 g/mol. The number of aromatic nitrogens is 2. The van der Waals surface area contributed by atoms with Crippen LogP contribution in [-0.4, -0.2) is 47.5 Å². The molecule has 0 radical (unpaired) electrons. The Hall–Kier alpha value is -1.21. The molecule has 2 rings (SSSR count). The van der Waals surface area contributed by atoms with Crippen molar-refractivity contribution in [3.63, 3.8) is 0 Å². The predicted octanol–water partition coefficient (Wildman–Crippen LogP) is 0.750. The molecule has 2 N–H and O–H groups in total. The van der Waals surface area contributed by atoms with E-state index in [4.69, 9.17) is 0 Å². The van der Waals surface area contributed by atoms with E-state index in [9.17, 15) is 4.79 Å². The van der Waals surface area contributed by atoms with E-state index in [1.165, 1.54) is 11.5 Å². The number of carbonyl (C=O) groups is 1. The van der Waals surface area contributed by atoms with Crippen LogP contribution in [0.15, 0.2) is 0 Å². The molecule has 1 unspecified atom stereocenters. The Kier molecular flexibility index (Phi) is 4.59. The smallest absolute Gasteiger partial charge is 0.244 e. The van der Waals surface area contributed by atoms with Gasteiger partial charge in [-0.05, 0) is 6.92 Å². The Bertz CT molecular complexity index is 468. The Morgan fingerprint density at radius 1 is 1.55 bits per heavy atom. The van der Waals surface area contributed by atoms with Gasteiger partial charge in [-0.25, -0.2) is 4.98 Å². The average Bonchev–Trinajstić information content (AvgIpc) is 2.88. The number of hydrogen-bond donors (Lipinski definition) is 2. The molecule has 0 aliphatic carbocycles. The van der Waals surface area contributed by atoms with Crippen molar-refractivity contribution in [3.8, 4) is 0 Å². The second-order valence-corrected chi connectivity index (χ2v) is 6.69. The van der Waals surface area contributed by atoms with Crippen LogP contribution in [0.3, 0.4) is 0 Å². The van der Waals surface area contributed by atoms with Crippen molar-refractivity contribution in [2.75, 3.05) is 31.1 Å². The number of likely N-dealkylation sites (N-methyl/N-ethyl adjacent to an activating group) is 1. The van der Waals surface area contributed by atoms with Gasteiger partial charge in [0.1, 0.15) is 11.9 Å². The zero-order valence-electron chi connectivity index (χ0n) is 12.6. The van der Waals surface area contributed by atoms with Gasteiger partial charge in [0.05, 0.1) is 0 Å². The summed E-state index contributed by atoms with van der Waals surface area (Å²) in [5.74, 6) is 0.887. The van der Waals surface area contributed by atoms with E-state index in [1.54, 1.807) is 0 Å². The fraction of sp³-hybridized carbons (Fsp3) is 0.769. The third-order valence-electron chi connectivity index (χ3n) is 3.23. The Morgan fingerprint density at radius 3 is 2.90 bits per heavy atom. The Morgan fingerprint density at radius 2 is 2.30 bits per heavy atom. The molecule has 2 heterocycles. The van der Waals surface area contributed by atoms with Gasteiger partial charge in [-0.3, -0.25) is 4.79 Å². The molecule has 1 aliphatic rings. The first-order valence-corrected chi connectivity index (χ1v) is 7.80. The number of carbonyl (C=O) groups excluding carboxylic acids is 1. The minimum atomic E-state index is -0.204. The van der Waals surface area contributed by atoms with Crippen LogP contribution in [0.2, 0.25) is 0 Å². The third-order valence-corrected chi connectivity index (χ3v) is 3.98. The minimum Gasteiger partial charge on any atom is -0.355 e. The summed E-state index contributed by atoms with van der Waals surface area (Å²) in [4.78, 5) is 18.8. The van der Waals surface area contributed by atoms with E-state index >= 15 is 0 Å². The van der Waals surface area contributed by atoms with Crippen molar-refractivity contribution in [1.82, 2.24) is 20.0 Å². The van der Waals surface area contributed by atoms with Gasteiger partial charge in [0.2, 0.25) is 11.0 Å². The summed E-state index contributed by atoms with van der Waals surface area (Å²) >= 11 is 1.38. The lowest BCUT2D eigenvalue weighted by molar-refractivity contribution is -0.122. The molecule has 20 heavy (non-hydrogen) atoms. The third kappa shape index (κ3) is 3.27. The average molecular weight is 297 g/mol. The molecule has 0 aromatic carbocycles. The molecule has 1 atom stereocenters. The lowest BCUT2D eigenvalue weighted by Gasteiger charge is -2.34. The van der Waals surface area contributed by atoms with Crippen molar-refractivity contribution in [1.29, 1.82) is 0 Å². The number of rotatable bonds is 3. The molecule has 6 nitrogen and oxygen atoms in total. The monoisotopic (exact) mass is 297 g/mol. The second-order valence-electron chi connectivity index (χ2n) is 5.96. The summed E-state index contributed by atoms with van der Waals surface area (Å²) in [6, 6.07) is -0.204. The molecule has 1 aliphatic heterocycles. The SMILES string of the molecule is CCNC(=O)C1CNCCN1c1nc(C(C)(C)C)ns1. The first kappa shape index (κ1) is 15.2. The largest absolute Gasteiger partial charge is 0.355 e. The minimum absolute atomic E-state index is 0.0483. The highest BCUT2D eigenvalue weighted by Crippen LogP contribution is 2.26. The topological polar surface area (TPSA) is 70.2 Å². The number of anilines is 1. The van der Waals surface area contributed by atoms with Gasteiger partial charge in [-0.15, -0.1) is 0 Å². The van der Waals surface area contributed by atoms with E-state index in [-0.39, 0.29) is 17.4 Å². The second kappa shape index (κ2) is 6.05. The van der Waals surface area contributed by atoms with Crippen LogP contribution in [0.5, 0.6) is 0 Å². The van der Waals surface area contributed by atoms with Gasteiger partial charge in [-0.2, -0.15) is 4.37 Å². The first-order chi connectivity index (χ1) is 9.43. The molecule has 1 aromatic rings. The predicted molar refractivity (Wildman–Crippen MR) is 81.3 cm³/mol. The molecule has 0 saturated carbocycles. The van der Waals surface area contributed by atoms with Gasteiger partial charge in [-0.1, -0.05) is 20.8 Å².